The fourth-order valence-corrected chi connectivity index (χ4v) is 2.44. The minimum absolute atomic E-state index is 0.390. The van der Waals surface area contributed by atoms with Crippen molar-refractivity contribution in [3.8, 4) is 11.8 Å². The van der Waals surface area contributed by atoms with Crippen molar-refractivity contribution < 1.29 is 9.47 Å². The number of piperidine rings is 1. The van der Waals surface area contributed by atoms with Gasteiger partial charge >= 0.3 is 0 Å². The van der Waals surface area contributed by atoms with Crippen LogP contribution in [0.15, 0.2) is 24.3 Å². The minimum atomic E-state index is 0.390. The van der Waals surface area contributed by atoms with Gasteiger partial charge in [-0.3, -0.25) is 0 Å². The first-order chi connectivity index (χ1) is 9.86. The van der Waals surface area contributed by atoms with Crippen LogP contribution >= 0.6 is 0 Å². The first-order valence-electron chi connectivity index (χ1n) is 7.04. The molecule has 0 spiro atoms. The van der Waals surface area contributed by atoms with Gasteiger partial charge in [0.25, 0.3) is 11.8 Å². The third-order valence-electron chi connectivity index (χ3n) is 3.54. The van der Waals surface area contributed by atoms with Crippen LogP contribution in [0.2, 0.25) is 0 Å². The van der Waals surface area contributed by atoms with Crippen LogP contribution in [-0.2, 0) is 0 Å². The van der Waals surface area contributed by atoms with E-state index in [0.717, 1.165) is 24.0 Å². The summed E-state index contributed by atoms with van der Waals surface area (Å²) in [6.45, 7) is 1.66. The number of hydrogen-bond donors (Lipinski definition) is 1. The third-order valence-corrected chi connectivity index (χ3v) is 3.54. The minimum Gasteiger partial charge on any atom is -0.477 e. The molecule has 1 fully saturated rings. The van der Waals surface area contributed by atoms with Crippen LogP contribution in [0.1, 0.15) is 19.3 Å². The summed E-state index contributed by atoms with van der Waals surface area (Å²) in [5.41, 5.74) is 1.63. The molecule has 5 heteroatoms. The van der Waals surface area contributed by atoms with Gasteiger partial charge in [-0.05, 0) is 31.5 Å². The second-order valence-electron chi connectivity index (χ2n) is 4.98. The highest BCUT2D eigenvalue weighted by Crippen LogP contribution is 2.25. The van der Waals surface area contributed by atoms with Gasteiger partial charge in [-0.1, -0.05) is 18.6 Å². The van der Waals surface area contributed by atoms with E-state index < -0.39 is 0 Å². The SMILES string of the molecule is COc1nc2ccccc2nc1OC[C@@H]1CCCCN1. The van der Waals surface area contributed by atoms with Gasteiger partial charge < -0.3 is 14.8 Å². The number of benzene rings is 1. The number of para-hydroxylation sites is 2. The smallest absolute Gasteiger partial charge is 0.278 e. The summed E-state index contributed by atoms with van der Waals surface area (Å²) in [6.07, 6.45) is 3.64. The topological polar surface area (TPSA) is 56.3 Å². The summed E-state index contributed by atoms with van der Waals surface area (Å²) in [5, 5.41) is 3.45. The summed E-state index contributed by atoms with van der Waals surface area (Å²) in [5.74, 6) is 0.915. The standard InChI is InChI=1S/C15H19N3O2/c1-19-14-15(20-10-11-6-4-5-9-16-11)18-13-8-3-2-7-12(13)17-14/h2-3,7-8,11,16H,4-6,9-10H2,1H3/t11-/m0/s1. The van der Waals surface area contributed by atoms with Gasteiger partial charge in [-0.15, -0.1) is 0 Å². The maximum atomic E-state index is 5.81. The summed E-state index contributed by atoms with van der Waals surface area (Å²) in [7, 11) is 1.59. The molecule has 1 aromatic heterocycles. The number of rotatable bonds is 4. The first kappa shape index (κ1) is 13.1. The number of ether oxygens (including phenoxy) is 2. The summed E-state index contributed by atoms with van der Waals surface area (Å²) in [4.78, 5) is 8.92. The Hall–Kier alpha value is -1.88. The van der Waals surface area contributed by atoms with Gasteiger partial charge in [0.15, 0.2) is 0 Å². The predicted octanol–water partition coefficient (Wildman–Crippen LogP) is 2.16. The third kappa shape index (κ3) is 2.82. The van der Waals surface area contributed by atoms with Crippen molar-refractivity contribution in [2.24, 2.45) is 0 Å². The molecule has 5 nitrogen and oxygen atoms in total. The van der Waals surface area contributed by atoms with Crippen molar-refractivity contribution in [3.05, 3.63) is 24.3 Å². The second-order valence-corrected chi connectivity index (χ2v) is 4.98. The fourth-order valence-electron chi connectivity index (χ4n) is 2.44. The van der Waals surface area contributed by atoms with Crippen LogP contribution in [0.5, 0.6) is 11.8 Å². The second kappa shape index (κ2) is 6.05. The first-order valence-corrected chi connectivity index (χ1v) is 7.04. The zero-order chi connectivity index (χ0) is 13.8. The number of fused-ring (bicyclic) bond motifs is 1. The lowest BCUT2D eigenvalue weighted by Crippen LogP contribution is -2.38. The molecule has 0 radical (unpaired) electrons. The molecule has 2 heterocycles. The van der Waals surface area contributed by atoms with Gasteiger partial charge in [-0.25, -0.2) is 9.97 Å². The van der Waals surface area contributed by atoms with Crippen molar-refractivity contribution in [2.75, 3.05) is 20.3 Å². The lowest BCUT2D eigenvalue weighted by atomic mass is 10.1. The Kier molecular flexibility index (Phi) is 3.97. The average Bonchev–Trinajstić information content (AvgIpc) is 2.53. The highest BCUT2D eigenvalue weighted by Gasteiger charge is 2.16. The van der Waals surface area contributed by atoms with Gasteiger partial charge in [0.05, 0.1) is 18.1 Å². The highest BCUT2D eigenvalue weighted by molar-refractivity contribution is 5.75. The van der Waals surface area contributed by atoms with Crippen LogP contribution < -0.4 is 14.8 Å². The Balaban J connectivity index is 1.78. The Labute approximate surface area is 118 Å². The van der Waals surface area contributed by atoms with E-state index in [4.69, 9.17) is 9.47 Å². The van der Waals surface area contributed by atoms with Crippen LogP contribution in [0, 0.1) is 0 Å². The molecule has 1 aliphatic heterocycles. The molecular weight excluding hydrogens is 254 g/mol. The highest BCUT2D eigenvalue weighted by atomic mass is 16.5. The Morgan fingerprint density at radius 1 is 1.15 bits per heavy atom. The number of nitrogens with one attached hydrogen (secondary N) is 1. The summed E-state index contributed by atoms with van der Waals surface area (Å²) in [6, 6.07) is 8.10. The molecule has 0 unspecified atom stereocenters. The number of aromatic nitrogens is 2. The molecule has 1 N–H and O–H groups in total. The van der Waals surface area contributed by atoms with E-state index in [1.54, 1.807) is 7.11 Å². The average molecular weight is 273 g/mol. The molecule has 1 aliphatic rings. The van der Waals surface area contributed by atoms with Crippen LogP contribution in [0.25, 0.3) is 11.0 Å². The molecule has 1 saturated heterocycles. The molecule has 0 saturated carbocycles. The van der Waals surface area contributed by atoms with Gasteiger partial charge in [-0.2, -0.15) is 0 Å². The Bertz CT molecular complexity index is 582. The molecular formula is C15H19N3O2. The molecule has 2 aromatic rings. The molecule has 0 bridgehead atoms. The largest absolute Gasteiger partial charge is 0.477 e. The van der Waals surface area contributed by atoms with E-state index in [0.29, 0.717) is 24.4 Å². The Morgan fingerprint density at radius 2 is 1.90 bits per heavy atom. The monoisotopic (exact) mass is 273 g/mol. The zero-order valence-electron chi connectivity index (χ0n) is 11.6. The zero-order valence-corrected chi connectivity index (χ0v) is 11.6. The van der Waals surface area contributed by atoms with E-state index in [-0.39, 0.29) is 0 Å². The Morgan fingerprint density at radius 3 is 2.55 bits per heavy atom. The summed E-state index contributed by atoms with van der Waals surface area (Å²) >= 11 is 0. The van der Waals surface area contributed by atoms with Gasteiger partial charge in [0, 0.05) is 6.04 Å². The lowest BCUT2D eigenvalue weighted by molar-refractivity contribution is 0.221. The molecule has 1 aromatic carbocycles. The summed E-state index contributed by atoms with van der Waals surface area (Å²) < 4.78 is 11.1. The molecule has 1 atom stereocenters. The molecule has 0 aliphatic carbocycles. The van der Waals surface area contributed by atoms with E-state index in [1.807, 2.05) is 24.3 Å². The normalized spacial score (nSPS) is 18.9. The van der Waals surface area contributed by atoms with Gasteiger partial charge in [0.1, 0.15) is 6.61 Å². The molecule has 0 amide bonds. The van der Waals surface area contributed by atoms with Crippen LogP contribution in [0.4, 0.5) is 0 Å². The lowest BCUT2D eigenvalue weighted by Gasteiger charge is -2.23. The maximum absolute atomic E-state index is 5.81. The van der Waals surface area contributed by atoms with Crippen molar-refractivity contribution in [2.45, 2.75) is 25.3 Å². The number of hydrogen-bond acceptors (Lipinski definition) is 5. The van der Waals surface area contributed by atoms with Crippen LogP contribution in [-0.4, -0.2) is 36.3 Å². The molecule has 106 valence electrons. The van der Waals surface area contributed by atoms with Crippen molar-refractivity contribution in [1.82, 2.24) is 15.3 Å². The van der Waals surface area contributed by atoms with E-state index in [9.17, 15) is 0 Å². The molecule has 3 rings (SSSR count). The van der Waals surface area contributed by atoms with E-state index >= 15 is 0 Å². The molecule has 20 heavy (non-hydrogen) atoms. The number of nitrogens with zero attached hydrogens (tertiary/aromatic N) is 2. The van der Waals surface area contributed by atoms with Crippen molar-refractivity contribution in [3.63, 3.8) is 0 Å². The van der Waals surface area contributed by atoms with Crippen molar-refractivity contribution in [1.29, 1.82) is 0 Å². The maximum Gasteiger partial charge on any atom is 0.278 e. The predicted molar refractivity (Wildman–Crippen MR) is 77.2 cm³/mol. The van der Waals surface area contributed by atoms with Crippen molar-refractivity contribution >= 4 is 11.0 Å². The van der Waals surface area contributed by atoms with Gasteiger partial charge in [0.2, 0.25) is 0 Å². The van der Waals surface area contributed by atoms with E-state index in [2.05, 4.69) is 15.3 Å². The van der Waals surface area contributed by atoms with Crippen LogP contribution in [0.3, 0.4) is 0 Å². The fraction of sp³-hybridized carbons (Fsp3) is 0.467. The number of methoxy groups -OCH3 is 1. The quantitative estimate of drug-likeness (QED) is 0.925. The van der Waals surface area contributed by atoms with E-state index in [1.165, 1.54) is 12.8 Å².